The highest BCUT2D eigenvalue weighted by molar-refractivity contribution is 7.99. The molecule has 0 bridgehead atoms. The van der Waals surface area contributed by atoms with Gasteiger partial charge in [-0.25, -0.2) is 19.7 Å². The molecule has 0 amide bonds. The van der Waals surface area contributed by atoms with Crippen LogP contribution in [0, 0.1) is 0 Å². The molecule has 4 rings (SSSR count). The summed E-state index contributed by atoms with van der Waals surface area (Å²) >= 11 is 1.82. The van der Waals surface area contributed by atoms with Crippen LogP contribution in [-0.2, 0) is 15.7 Å². The predicted molar refractivity (Wildman–Crippen MR) is 154 cm³/mol. The first-order valence-electron chi connectivity index (χ1n) is 13.1. The average molecular weight is 538 g/mol. The van der Waals surface area contributed by atoms with E-state index in [9.17, 15) is 4.79 Å². The van der Waals surface area contributed by atoms with Crippen LogP contribution in [0.25, 0.3) is 10.8 Å². The number of pyridine rings is 3. The third-order valence-electron chi connectivity index (χ3n) is 7.75. The Bertz CT molecular complexity index is 1340. The van der Waals surface area contributed by atoms with Gasteiger partial charge in [-0.05, 0) is 69.0 Å². The second-order valence-electron chi connectivity index (χ2n) is 11.1. The molecule has 0 radical (unpaired) electrons. The zero-order valence-electron chi connectivity index (χ0n) is 23.6. The molecule has 204 valence electrons. The largest absolute Gasteiger partial charge is 0.474 e. The maximum Gasteiger partial charge on any atom is 0.340 e. The summed E-state index contributed by atoms with van der Waals surface area (Å²) in [6.07, 6.45) is 7.08. The molecule has 0 saturated carbocycles. The van der Waals surface area contributed by atoms with Gasteiger partial charge in [-0.2, -0.15) is 11.8 Å². The second kappa shape index (κ2) is 10.7. The minimum atomic E-state index is -0.577. The van der Waals surface area contributed by atoms with Gasteiger partial charge in [-0.1, -0.05) is 27.7 Å². The van der Waals surface area contributed by atoms with Gasteiger partial charge in [0, 0.05) is 28.6 Å². The van der Waals surface area contributed by atoms with E-state index in [0.717, 1.165) is 29.2 Å². The number of ether oxygens (including phenoxy) is 2. The van der Waals surface area contributed by atoms with E-state index < -0.39 is 11.0 Å². The highest BCUT2D eigenvalue weighted by Gasteiger charge is 2.41. The van der Waals surface area contributed by atoms with Crippen LogP contribution in [0.3, 0.4) is 0 Å². The van der Waals surface area contributed by atoms with Crippen molar-refractivity contribution in [3.05, 3.63) is 47.4 Å². The van der Waals surface area contributed by atoms with Crippen LogP contribution in [0.4, 0.5) is 11.6 Å². The Labute approximate surface area is 229 Å². The molecule has 9 heteroatoms. The smallest absolute Gasteiger partial charge is 0.340 e. The van der Waals surface area contributed by atoms with Crippen molar-refractivity contribution in [2.45, 2.75) is 89.7 Å². The highest BCUT2D eigenvalue weighted by Crippen LogP contribution is 2.37. The van der Waals surface area contributed by atoms with E-state index >= 15 is 0 Å². The molecule has 0 spiro atoms. The van der Waals surface area contributed by atoms with Gasteiger partial charge in [0.15, 0.2) is 0 Å². The van der Waals surface area contributed by atoms with Crippen molar-refractivity contribution in [1.82, 2.24) is 15.0 Å². The summed E-state index contributed by atoms with van der Waals surface area (Å²) in [5, 5.41) is 5.56. The lowest BCUT2D eigenvalue weighted by Gasteiger charge is -2.36. The van der Waals surface area contributed by atoms with Crippen LogP contribution in [0.5, 0.6) is 5.88 Å². The zero-order chi connectivity index (χ0) is 27.8. The number of hydrogen-bond donors (Lipinski definition) is 2. The lowest BCUT2D eigenvalue weighted by Crippen LogP contribution is -2.42. The molecule has 1 unspecified atom stereocenters. The number of anilines is 2. The lowest BCUT2D eigenvalue weighted by atomic mass is 9.79. The average Bonchev–Trinajstić information content (AvgIpc) is 2.87. The van der Waals surface area contributed by atoms with Gasteiger partial charge in [-0.15, -0.1) is 0 Å². The number of nitrogens with two attached hydrogens (primary N) is 1. The molecule has 4 heterocycles. The van der Waals surface area contributed by atoms with Crippen molar-refractivity contribution >= 4 is 40.1 Å². The number of nitrogens with zero attached hydrogens (tertiary/aromatic N) is 3. The number of fused-ring (bicyclic) bond motifs is 2. The van der Waals surface area contributed by atoms with E-state index in [2.05, 4.69) is 42.3 Å². The molecular formula is C29H39N5O3S. The van der Waals surface area contributed by atoms with Gasteiger partial charge < -0.3 is 20.5 Å². The van der Waals surface area contributed by atoms with Crippen LogP contribution in [0.1, 0.15) is 82.9 Å². The predicted octanol–water partition coefficient (Wildman–Crippen LogP) is 6.10. The molecule has 3 N–H and O–H groups in total. The lowest BCUT2D eigenvalue weighted by molar-refractivity contribution is 0.00864. The topological polar surface area (TPSA) is 112 Å². The molecule has 38 heavy (non-hydrogen) atoms. The monoisotopic (exact) mass is 537 g/mol. The summed E-state index contributed by atoms with van der Waals surface area (Å²) in [5.41, 5.74) is 7.82. The van der Waals surface area contributed by atoms with Crippen molar-refractivity contribution < 1.29 is 14.3 Å². The summed E-state index contributed by atoms with van der Waals surface area (Å²) in [6.45, 7) is 14.3. The van der Waals surface area contributed by atoms with Crippen molar-refractivity contribution in [1.29, 1.82) is 0 Å². The third kappa shape index (κ3) is 5.45. The van der Waals surface area contributed by atoms with Crippen molar-refractivity contribution in [2.24, 2.45) is 5.73 Å². The number of cyclic esters (lactones) is 1. The Hall–Kier alpha value is -2.91. The standard InChI is InChI=1S/C29H39N5O3S/c1-9-29(7,30)22-15-32-26(36-16(2)12-17(3)38-8)21-14-31-24(13-20(21)22)33-23-11-10-19-25(34-23)28(5,6)18(4)37-27(19)35/h10-11,13-18H,9,12,30H2,1-8H3,(H,31,33,34)/t16-,17?,18+,29-/m1/s1. The molecule has 4 atom stereocenters. The number of hydrogen-bond acceptors (Lipinski definition) is 9. The van der Waals surface area contributed by atoms with E-state index in [4.69, 9.17) is 20.2 Å². The Morgan fingerprint density at radius 3 is 2.63 bits per heavy atom. The zero-order valence-corrected chi connectivity index (χ0v) is 24.4. The SMILES string of the molecule is CC[C@@](C)(N)c1cnc(O[C@H](C)CC(C)SC)c2cnc(Nc3ccc4c(n3)C(C)(C)[C@H](C)OC4=O)cc12. The molecule has 0 saturated heterocycles. The summed E-state index contributed by atoms with van der Waals surface area (Å²) in [6, 6.07) is 5.50. The summed E-state index contributed by atoms with van der Waals surface area (Å²) in [5.74, 6) is 1.42. The van der Waals surface area contributed by atoms with E-state index in [0.29, 0.717) is 34.0 Å². The quantitative estimate of drug-likeness (QED) is 0.313. The van der Waals surface area contributed by atoms with Gasteiger partial charge in [0.2, 0.25) is 5.88 Å². The molecule has 1 aliphatic rings. The number of thioether (sulfide) groups is 1. The Balaban J connectivity index is 1.73. The number of aromatic nitrogens is 3. The maximum atomic E-state index is 12.4. The molecule has 3 aromatic rings. The van der Waals surface area contributed by atoms with E-state index in [-0.39, 0.29) is 18.2 Å². The second-order valence-corrected chi connectivity index (χ2v) is 12.3. The summed E-state index contributed by atoms with van der Waals surface area (Å²) in [4.78, 5) is 26.6. The van der Waals surface area contributed by atoms with E-state index in [1.807, 2.05) is 51.7 Å². The van der Waals surface area contributed by atoms with Crippen LogP contribution in [0.15, 0.2) is 30.6 Å². The number of rotatable bonds is 9. The Morgan fingerprint density at radius 1 is 1.21 bits per heavy atom. The molecular weight excluding hydrogens is 498 g/mol. The van der Waals surface area contributed by atoms with Crippen LogP contribution < -0.4 is 15.8 Å². The fraction of sp³-hybridized carbons (Fsp3) is 0.517. The summed E-state index contributed by atoms with van der Waals surface area (Å²) < 4.78 is 11.8. The van der Waals surface area contributed by atoms with Gasteiger partial charge in [-0.3, -0.25) is 0 Å². The van der Waals surface area contributed by atoms with Crippen LogP contribution >= 0.6 is 11.8 Å². The molecule has 8 nitrogen and oxygen atoms in total. The molecule has 0 fully saturated rings. The summed E-state index contributed by atoms with van der Waals surface area (Å²) in [7, 11) is 0. The van der Waals surface area contributed by atoms with E-state index in [1.54, 1.807) is 18.3 Å². The van der Waals surface area contributed by atoms with Gasteiger partial charge in [0.25, 0.3) is 0 Å². The minimum Gasteiger partial charge on any atom is -0.474 e. The molecule has 0 aromatic carbocycles. The van der Waals surface area contributed by atoms with Crippen molar-refractivity contribution in [3.63, 3.8) is 0 Å². The van der Waals surface area contributed by atoms with Gasteiger partial charge in [0.1, 0.15) is 17.7 Å². The third-order valence-corrected chi connectivity index (χ3v) is 8.74. The molecule has 1 aliphatic heterocycles. The van der Waals surface area contributed by atoms with Crippen molar-refractivity contribution in [2.75, 3.05) is 11.6 Å². The first-order chi connectivity index (χ1) is 17.9. The number of carbonyl (C=O) groups excluding carboxylic acids is 1. The normalized spacial score (nSPS) is 19.7. The highest BCUT2D eigenvalue weighted by atomic mass is 32.2. The van der Waals surface area contributed by atoms with Crippen LogP contribution in [-0.4, -0.2) is 44.6 Å². The van der Waals surface area contributed by atoms with Gasteiger partial charge in [0.05, 0.1) is 22.7 Å². The minimum absolute atomic E-state index is 0.00404. The Kier molecular flexibility index (Phi) is 7.91. The Morgan fingerprint density at radius 2 is 1.95 bits per heavy atom. The molecule has 0 aliphatic carbocycles. The first-order valence-corrected chi connectivity index (χ1v) is 14.4. The number of carbonyl (C=O) groups is 1. The fourth-order valence-corrected chi connectivity index (χ4v) is 5.06. The fourth-order valence-electron chi connectivity index (χ4n) is 4.60. The van der Waals surface area contributed by atoms with Crippen LogP contribution in [0.2, 0.25) is 0 Å². The maximum absolute atomic E-state index is 12.4. The first kappa shape index (κ1) is 28.1. The number of esters is 1. The van der Waals surface area contributed by atoms with Crippen molar-refractivity contribution in [3.8, 4) is 5.88 Å². The van der Waals surface area contributed by atoms with E-state index in [1.165, 1.54) is 0 Å². The van der Waals surface area contributed by atoms with Gasteiger partial charge >= 0.3 is 5.97 Å². The number of nitrogens with one attached hydrogen (secondary N) is 1. The molecule has 3 aromatic heterocycles.